The van der Waals surface area contributed by atoms with Crippen molar-refractivity contribution in [2.75, 3.05) is 17.2 Å². The molecule has 0 saturated carbocycles. The summed E-state index contributed by atoms with van der Waals surface area (Å²) in [5, 5.41) is 5.98. The third-order valence-corrected chi connectivity index (χ3v) is 2.83. The molecular formula is C17H18N2O2. The van der Waals surface area contributed by atoms with Crippen molar-refractivity contribution in [3.05, 3.63) is 66.7 Å². The van der Waals surface area contributed by atoms with Gasteiger partial charge in [-0.25, -0.2) is 4.79 Å². The number of amides is 1. The number of rotatable bonds is 5. The molecule has 0 atom stereocenters. The molecule has 0 heterocycles. The second-order valence-corrected chi connectivity index (χ2v) is 4.55. The lowest BCUT2D eigenvalue weighted by molar-refractivity contribution is 0.174. The number of carbonyl (C=O) groups excluding carboxylic acids is 1. The molecule has 0 unspecified atom stereocenters. The van der Waals surface area contributed by atoms with Crippen molar-refractivity contribution in [1.82, 2.24) is 0 Å². The molecule has 4 heteroatoms. The van der Waals surface area contributed by atoms with E-state index in [0.717, 1.165) is 11.4 Å². The Morgan fingerprint density at radius 3 is 2.48 bits per heavy atom. The van der Waals surface area contributed by atoms with Crippen molar-refractivity contribution in [3.63, 3.8) is 0 Å². The van der Waals surface area contributed by atoms with Gasteiger partial charge in [0, 0.05) is 5.69 Å². The van der Waals surface area contributed by atoms with Crippen LogP contribution in [0.1, 0.15) is 5.56 Å². The Morgan fingerprint density at radius 2 is 1.81 bits per heavy atom. The van der Waals surface area contributed by atoms with Crippen molar-refractivity contribution in [3.8, 4) is 0 Å². The molecule has 0 radical (unpaired) electrons. The zero-order valence-corrected chi connectivity index (χ0v) is 11.9. The molecule has 21 heavy (non-hydrogen) atoms. The van der Waals surface area contributed by atoms with Crippen LogP contribution in [0.2, 0.25) is 0 Å². The predicted octanol–water partition coefficient (Wildman–Crippen LogP) is 4.47. The highest BCUT2D eigenvalue weighted by molar-refractivity contribution is 5.90. The molecule has 2 rings (SSSR count). The maximum atomic E-state index is 11.6. The van der Waals surface area contributed by atoms with Gasteiger partial charge in [0.05, 0.1) is 11.4 Å². The van der Waals surface area contributed by atoms with Gasteiger partial charge < -0.3 is 10.1 Å². The zero-order chi connectivity index (χ0) is 15.1. The number of ether oxygens (including phenoxy) is 1. The van der Waals surface area contributed by atoms with Gasteiger partial charge in [-0.3, -0.25) is 5.32 Å². The number of aryl methyl sites for hydroxylation is 1. The van der Waals surface area contributed by atoms with Crippen LogP contribution < -0.4 is 10.6 Å². The third kappa shape index (κ3) is 4.38. The van der Waals surface area contributed by atoms with Gasteiger partial charge in [-0.2, -0.15) is 0 Å². The van der Waals surface area contributed by atoms with Crippen molar-refractivity contribution in [2.45, 2.75) is 6.92 Å². The van der Waals surface area contributed by atoms with E-state index in [9.17, 15) is 4.79 Å². The van der Waals surface area contributed by atoms with E-state index >= 15 is 0 Å². The highest BCUT2D eigenvalue weighted by atomic mass is 16.5. The summed E-state index contributed by atoms with van der Waals surface area (Å²) in [6, 6.07) is 15.5. The normalized spacial score (nSPS) is 9.76. The molecule has 1 amide bonds. The van der Waals surface area contributed by atoms with Gasteiger partial charge in [0.15, 0.2) is 0 Å². The molecule has 0 aliphatic rings. The molecule has 0 saturated heterocycles. The topological polar surface area (TPSA) is 50.4 Å². The lowest BCUT2D eigenvalue weighted by Gasteiger charge is -2.13. The first-order valence-corrected chi connectivity index (χ1v) is 6.66. The van der Waals surface area contributed by atoms with Gasteiger partial charge >= 0.3 is 6.09 Å². The number of carbonyl (C=O) groups is 1. The molecule has 4 nitrogen and oxygen atoms in total. The average Bonchev–Trinajstić information content (AvgIpc) is 2.49. The largest absolute Gasteiger partial charge is 0.445 e. The van der Waals surface area contributed by atoms with Crippen molar-refractivity contribution < 1.29 is 9.53 Å². The maximum Gasteiger partial charge on any atom is 0.412 e. The van der Waals surface area contributed by atoms with Crippen LogP contribution in [-0.2, 0) is 4.74 Å². The molecule has 2 N–H and O–H groups in total. The minimum atomic E-state index is -0.506. The summed E-state index contributed by atoms with van der Waals surface area (Å²) >= 11 is 0. The van der Waals surface area contributed by atoms with Gasteiger partial charge in [-0.15, -0.1) is 0 Å². The Bertz CT molecular complexity index is 621. The third-order valence-electron chi connectivity index (χ3n) is 2.83. The van der Waals surface area contributed by atoms with Gasteiger partial charge in [0.25, 0.3) is 0 Å². The maximum absolute atomic E-state index is 11.6. The van der Waals surface area contributed by atoms with Crippen LogP contribution in [0, 0.1) is 6.92 Å². The standard InChI is InChI=1S/C17H18N2O2/c1-3-12-21-17(20)19-16-7-5-4-6-15(16)18-14-10-8-13(2)9-11-14/h3-11,18H,1,12H2,2H3,(H,19,20). The van der Waals surface area contributed by atoms with Gasteiger partial charge in [-0.1, -0.05) is 42.5 Å². The minimum Gasteiger partial charge on any atom is -0.445 e. The van der Waals surface area contributed by atoms with E-state index in [-0.39, 0.29) is 6.61 Å². The van der Waals surface area contributed by atoms with Crippen LogP contribution in [0.3, 0.4) is 0 Å². The summed E-state index contributed by atoms with van der Waals surface area (Å²) in [5.74, 6) is 0. The minimum absolute atomic E-state index is 0.180. The summed E-state index contributed by atoms with van der Waals surface area (Å²) in [6.45, 7) is 5.72. The van der Waals surface area contributed by atoms with Crippen LogP contribution in [0.15, 0.2) is 61.2 Å². The number of anilines is 3. The summed E-state index contributed by atoms with van der Waals surface area (Å²) in [6.07, 6.45) is 1.02. The van der Waals surface area contributed by atoms with Crippen molar-refractivity contribution in [1.29, 1.82) is 0 Å². The van der Waals surface area contributed by atoms with E-state index in [0.29, 0.717) is 5.69 Å². The summed E-state index contributed by atoms with van der Waals surface area (Å²) in [4.78, 5) is 11.6. The van der Waals surface area contributed by atoms with E-state index in [1.807, 2.05) is 55.5 Å². The number of hydrogen-bond acceptors (Lipinski definition) is 3. The first kappa shape index (κ1) is 14.7. The van der Waals surface area contributed by atoms with Gasteiger partial charge in [0.2, 0.25) is 0 Å². The molecular weight excluding hydrogens is 264 g/mol. The summed E-state index contributed by atoms with van der Waals surface area (Å²) in [5.41, 5.74) is 3.61. The Morgan fingerprint density at radius 1 is 1.14 bits per heavy atom. The number of benzene rings is 2. The molecule has 2 aromatic carbocycles. The van der Waals surface area contributed by atoms with E-state index in [2.05, 4.69) is 17.2 Å². The van der Waals surface area contributed by atoms with Crippen molar-refractivity contribution in [2.24, 2.45) is 0 Å². The van der Waals surface area contributed by atoms with Crippen LogP contribution in [-0.4, -0.2) is 12.7 Å². The fraction of sp³-hybridized carbons (Fsp3) is 0.118. The van der Waals surface area contributed by atoms with E-state index < -0.39 is 6.09 Å². The average molecular weight is 282 g/mol. The SMILES string of the molecule is C=CCOC(=O)Nc1ccccc1Nc1ccc(C)cc1. The lowest BCUT2D eigenvalue weighted by Crippen LogP contribution is -2.14. The van der Waals surface area contributed by atoms with E-state index in [1.165, 1.54) is 11.6 Å². The fourth-order valence-electron chi connectivity index (χ4n) is 1.77. The Kier molecular flexibility index (Phi) is 4.99. The lowest BCUT2D eigenvalue weighted by atomic mass is 10.2. The molecule has 2 aromatic rings. The van der Waals surface area contributed by atoms with E-state index in [1.54, 1.807) is 0 Å². The number of nitrogens with one attached hydrogen (secondary N) is 2. The number of hydrogen-bond donors (Lipinski definition) is 2. The van der Waals surface area contributed by atoms with E-state index in [4.69, 9.17) is 4.74 Å². The Labute approximate surface area is 124 Å². The monoisotopic (exact) mass is 282 g/mol. The molecule has 0 aliphatic carbocycles. The van der Waals surface area contributed by atoms with Crippen LogP contribution in [0.25, 0.3) is 0 Å². The van der Waals surface area contributed by atoms with Crippen LogP contribution in [0.4, 0.5) is 21.9 Å². The van der Waals surface area contributed by atoms with Gasteiger partial charge in [-0.05, 0) is 31.2 Å². The number of para-hydroxylation sites is 2. The molecule has 0 aromatic heterocycles. The first-order chi connectivity index (χ1) is 10.2. The predicted molar refractivity (Wildman–Crippen MR) is 86.1 cm³/mol. The smallest absolute Gasteiger partial charge is 0.412 e. The quantitative estimate of drug-likeness (QED) is 0.795. The van der Waals surface area contributed by atoms with Crippen LogP contribution in [0.5, 0.6) is 0 Å². The zero-order valence-electron chi connectivity index (χ0n) is 11.9. The van der Waals surface area contributed by atoms with Crippen LogP contribution >= 0.6 is 0 Å². The molecule has 108 valence electrons. The first-order valence-electron chi connectivity index (χ1n) is 6.66. The molecule has 0 fully saturated rings. The summed E-state index contributed by atoms with van der Waals surface area (Å²) < 4.78 is 4.92. The second-order valence-electron chi connectivity index (χ2n) is 4.55. The fourth-order valence-corrected chi connectivity index (χ4v) is 1.77. The Balaban J connectivity index is 2.11. The highest BCUT2D eigenvalue weighted by Crippen LogP contribution is 2.25. The second kappa shape index (κ2) is 7.14. The molecule has 0 bridgehead atoms. The van der Waals surface area contributed by atoms with Crippen molar-refractivity contribution >= 4 is 23.2 Å². The Hall–Kier alpha value is -2.75. The summed E-state index contributed by atoms with van der Waals surface area (Å²) in [7, 11) is 0. The van der Waals surface area contributed by atoms with Gasteiger partial charge in [0.1, 0.15) is 6.61 Å². The molecule has 0 spiro atoms. The molecule has 0 aliphatic heterocycles. The highest BCUT2D eigenvalue weighted by Gasteiger charge is 2.07.